The molecule has 2 aromatic carbocycles. The lowest BCUT2D eigenvalue weighted by Gasteiger charge is -2.25. The van der Waals surface area contributed by atoms with Crippen molar-refractivity contribution in [1.29, 1.82) is 0 Å². The van der Waals surface area contributed by atoms with E-state index in [1.165, 1.54) is 57.7 Å². The molecule has 10 heteroatoms. The van der Waals surface area contributed by atoms with E-state index in [0.29, 0.717) is 29.9 Å². The van der Waals surface area contributed by atoms with Crippen molar-refractivity contribution in [1.82, 2.24) is 19.2 Å². The second kappa shape index (κ2) is 10.3. The number of amides is 1. The second-order valence-corrected chi connectivity index (χ2v) is 10.00. The topological polar surface area (TPSA) is 101 Å². The van der Waals surface area contributed by atoms with Crippen LogP contribution in [0.15, 0.2) is 70.6 Å². The van der Waals surface area contributed by atoms with Crippen LogP contribution in [0.25, 0.3) is 11.3 Å². The maximum absolute atomic E-state index is 13.1. The Kier molecular flexibility index (Phi) is 7.18. The molecular weight excluding hydrogens is 459 g/mol. The first kappa shape index (κ1) is 23.8. The highest BCUT2D eigenvalue weighted by molar-refractivity contribution is 7.89. The average molecular weight is 485 g/mol. The van der Waals surface area contributed by atoms with Crippen molar-refractivity contribution in [3.05, 3.63) is 82.7 Å². The third-order valence-corrected chi connectivity index (χ3v) is 7.64. The first-order valence-electron chi connectivity index (χ1n) is 11.1. The molecule has 1 aliphatic heterocycles. The Morgan fingerprint density at radius 1 is 1.00 bits per heavy atom. The molecular formula is C24H25FN4O4S. The molecule has 1 N–H and O–H groups in total. The summed E-state index contributed by atoms with van der Waals surface area (Å²) in [5.74, 6) is -0.739. The van der Waals surface area contributed by atoms with Crippen molar-refractivity contribution in [2.75, 3.05) is 19.6 Å². The molecule has 0 radical (unpaired) electrons. The van der Waals surface area contributed by atoms with Gasteiger partial charge in [0, 0.05) is 43.4 Å². The summed E-state index contributed by atoms with van der Waals surface area (Å²) in [6.45, 7) is 1.43. The summed E-state index contributed by atoms with van der Waals surface area (Å²) in [5, 5.41) is 2.72. The Bertz CT molecular complexity index is 1320. The van der Waals surface area contributed by atoms with Crippen molar-refractivity contribution >= 4 is 15.9 Å². The van der Waals surface area contributed by atoms with Crippen LogP contribution >= 0.6 is 0 Å². The highest BCUT2D eigenvalue weighted by Gasteiger charge is 2.25. The Morgan fingerprint density at radius 2 is 1.68 bits per heavy atom. The number of nitrogens with zero attached hydrogens (tertiary/aromatic N) is 3. The third-order valence-electron chi connectivity index (χ3n) is 5.73. The van der Waals surface area contributed by atoms with Gasteiger partial charge in [-0.25, -0.2) is 17.8 Å². The summed E-state index contributed by atoms with van der Waals surface area (Å²) in [4.78, 5) is 29.2. The van der Waals surface area contributed by atoms with E-state index < -0.39 is 10.0 Å². The molecule has 0 spiro atoms. The van der Waals surface area contributed by atoms with Crippen LogP contribution in [-0.4, -0.2) is 47.8 Å². The third kappa shape index (κ3) is 5.40. The van der Waals surface area contributed by atoms with Crippen LogP contribution in [0.3, 0.4) is 0 Å². The van der Waals surface area contributed by atoms with Crippen molar-refractivity contribution in [2.24, 2.45) is 0 Å². The van der Waals surface area contributed by atoms with E-state index in [9.17, 15) is 22.4 Å². The molecule has 1 fully saturated rings. The SMILES string of the molecule is O=C(NCCn1cnc(-c2ccc(F)cc2)cc1=O)c1ccc(S(=O)(=O)N2CCCCC2)cc1. The molecule has 178 valence electrons. The quantitative estimate of drug-likeness (QED) is 0.556. The van der Waals surface area contributed by atoms with Gasteiger partial charge in [0.25, 0.3) is 11.5 Å². The molecule has 0 bridgehead atoms. The molecule has 34 heavy (non-hydrogen) atoms. The van der Waals surface area contributed by atoms with Gasteiger partial charge >= 0.3 is 0 Å². The van der Waals surface area contributed by atoms with E-state index in [1.54, 1.807) is 12.1 Å². The van der Waals surface area contributed by atoms with E-state index in [1.807, 2.05) is 0 Å². The number of benzene rings is 2. The fraction of sp³-hybridized carbons (Fsp3) is 0.292. The monoisotopic (exact) mass is 484 g/mol. The Morgan fingerprint density at radius 3 is 2.32 bits per heavy atom. The summed E-state index contributed by atoms with van der Waals surface area (Å²) in [7, 11) is -3.55. The summed E-state index contributed by atoms with van der Waals surface area (Å²) >= 11 is 0. The van der Waals surface area contributed by atoms with Gasteiger partial charge in [-0.05, 0) is 61.4 Å². The van der Waals surface area contributed by atoms with Crippen LogP contribution in [0.5, 0.6) is 0 Å². The van der Waals surface area contributed by atoms with Gasteiger partial charge in [-0.1, -0.05) is 6.42 Å². The number of hydrogen-bond acceptors (Lipinski definition) is 5. The number of piperidine rings is 1. The maximum Gasteiger partial charge on any atom is 0.253 e. The zero-order chi connectivity index (χ0) is 24.1. The number of rotatable bonds is 7. The molecule has 1 aliphatic rings. The Hall–Kier alpha value is -3.37. The van der Waals surface area contributed by atoms with Crippen molar-refractivity contribution < 1.29 is 17.6 Å². The lowest BCUT2D eigenvalue weighted by atomic mass is 10.1. The van der Waals surface area contributed by atoms with Crippen LogP contribution in [0.1, 0.15) is 29.6 Å². The molecule has 0 unspecified atom stereocenters. The van der Waals surface area contributed by atoms with Gasteiger partial charge in [0.1, 0.15) is 5.82 Å². The lowest BCUT2D eigenvalue weighted by molar-refractivity contribution is 0.0952. The summed E-state index contributed by atoms with van der Waals surface area (Å²) < 4.78 is 41.4. The number of hydrogen-bond donors (Lipinski definition) is 1. The number of sulfonamides is 1. The fourth-order valence-corrected chi connectivity index (χ4v) is 5.31. The second-order valence-electron chi connectivity index (χ2n) is 8.06. The summed E-state index contributed by atoms with van der Waals surface area (Å²) in [6, 6.07) is 12.9. The van der Waals surface area contributed by atoms with Crippen LogP contribution in [-0.2, 0) is 16.6 Å². The summed E-state index contributed by atoms with van der Waals surface area (Å²) in [5.41, 5.74) is 1.10. The molecule has 2 heterocycles. The molecule has 1 aromatic heterocycles. The largest absolute Gasteiger partial charge is 0.350 e. The molecule has 4 rings (SSSR count). The Balaban J connectivity index is 1.34. The van der Waals surface area contributed by atoms with Crippen molar-refractivity contribution in [3.63, 3.8) is 0 Å². The fourth-order valence-electron chi connectivity index (χ4n) is 3.80. The van der Waals surface area contributed by atoms with Crippen molar-refractivity contribution in [3.8, 4) is 11.3 Å². The molecule has 1 saturated heterocycles. The predicted octanol–water partition coefficient (Wildman–Crippen LogP) is 2.65. The van der Waals surface area contributed by atoms with Gasteiger partial charge in [-0.3, -0.25) is 14.2 Å². The maximum atomic E-state index is 13.1. The molecule has 3 aromatic rings. The summed E-state index contributed by atoms with van der Waals surface area (Å²) in [6.07, 6.45) is 4.12. The van der Waals surface area contributed by atoms with Gasteiger partial charge in [-0.15, -0.1) is 0 Å². The first-order chi connectivity index (χ1) is 16.3. The molecule has 8 nitrogen and oxygen atoms in total. The molecule has 0 atom stereocenters. The van der Waals surface area contributed by atoms with Crippen LogP contribution in [0, 0.1) is 5.82 Å². The highest BCUT2D eigenvalue weighted by Crippen LogP contribution is 2.21. The minimum Gasteiger partial charge on any atom is -0.350 e. The van der Waals surface area contributed by atoms with Crippen LogP contribution < -0.4 is 10.9 Å². The van der Waals surface area contributed by atoms with Crippen molar-refractivity contribution in [2.45, 2.75) is 30.7 Å². The van der Waals surface area contributed by atoms with E-state index in [-0.39, 0.29) is 35.3 Å². The van der Waals surface area contributed by atoms with Gasteiger partial charge in [0.2, 0.25) is 10.0 Å². The zero-order valence-corrected chi connectivity index (χ0v) is 19.3. The predicted molar refractivity (Wildman–Crippen MR) is 125 cm³/mol. The normalized spacial score (nSPS) is 14.6. The Labute approximate surface area is 197 Å². The molecule has 0 saturated carbocycles. The minimum absolute atomic E-state index is 0.171. The van der Waals surface area contributed by atoms with Gasteiger partial charge < -0.3 is 5.32 Å². The lowest BCUT2D eigenvalue weighted by Crippen LogP contribution is -2.35. The van der Waals surface area contributed by atoms with E-state index >= 15 is 0 Å². The smallest absolute Gasteiger partial charge is 0.253 e. The highest BCUT2D eigenvalue weighted by atomic mass is 32.2. The number of carbonyl (C=O) groups is 1. The van der Waals surface area contributed by atoms with Crippen LogP contribution in [0.4, 0.5) is 4.39 Å². The molecule has 0 aliphatic carbocycles. The zero-order valence-electron chi connectivity index (χ0n) is 18.5. The number of aromatic nitrogens is 2. The number of nitrogens with one attached hydrogen (secondary N) is 1. The number of halogens is 1. The van der Waals surface area contributed by atoms with Gasteiger partial charge in [0.05, 0.1) is 16.9 Å². The average Bonchev–Trinajstić information content (AvgIpc) is 2.86. The van der Waals surface area contributed by atoms with E-state index in [0.717, 1.165) is 19.3 Å². The number of carbonyl (C=O) groups excluding carboxylic acids is 1. The van der Waals surface area contributed by atoms with E-state index in [2.05, 4.69) is 10.3 Å². The van der Waals surface area contributed by atoms with E-state index in [4.69, 9.17) is 0 Å². The minimum atomic E-state index is -3.55. The van der Waals surface area contributed by atoms with Gasteiger partial charge in [0.15, 0.2) is 0 Å². The standard InChI is InChI=1S/C24H25FN4O4S/c25-20-8-4-18(5-9-20)22-16-23(30)28(17-27-22)15-12-26-24(31)19-6-10-21(11-7-19)34(32,33)29-13-2-1-3-14-29/h4-11,16-17H,1-3,12-15H2,(H,26,31). The van der Waals surface area contributed by atoms with Crippen LogP contribution in [0.2, 0.25) is 0 Å². The molecule has 1 amide bonds. The first-order valence-corrected chi connectivity index (χ1v) is 12.5. The van der Waals surface area contributed by atoms with Gasteiger partial charge in [-0.2, -0.15) is 4.31 Å².